The van der Waals surface area contributed by atoms with Crippen molar-refractivity contribution in [2.45, 2.75) is 25.4 Å². The molecule has 2 heterocycles. The van der Waals surface area contributed by atoms with E-state index in [4.69, 9.17) is 9.47 Å². The summed E-state index contributed by atoms with van der Waals surface area (Å²) >= 11 is 0. The van der Waals surface area contributed by atoms with Crippen molar-refractivity contribution in [2.24, 2.45) is 0 Å². The van der Waals surface area contributed by atoms with Gasteiger partial charge in [-0.3, -0.25) is 0 Å². The quantitative estimate of drug-likeness (QED) is 0.940. The molecule has 0 aliphatic carbocycles. The lowest BCUT2D eigenvalue weighted by Gasteiger charge is -2.35. The molecule has 1 N–H and O–H groups in total. The van der Waals surface area contributed by atoms with E-state index in [0.29, 0.717) is 12.8 Å². The Morgan fingerprint density at radius 1 is 1.04 bits per heavy atom. The molecule has 4 heteroatoms. The molecule has 4 rings (SSSR count). The Bertz CT molecular complexity index is 660. The molecule has 2 aromatic rings. The van der Waals surface area contributed by atoms with Crippen LogP contribution in [0.2, 0.25) is 0 Å². The molecule has 0 bridgehead atoms. The summed E-state index contributed by atoms with van der Waals surface area (Å²) in [5.74, 6) is 1.71. The summed E-state index contributed by atoms with van der Waals surface area (Å²) in [6.45, 7) is 3.40. The molecule has 1 atom stereocenters. The lowest BCUT2D eigenvalue weighted by molar-refractivity contribution is 0.174. The SMILES string of the molecule is c1ccc(CNC2CCCN(c3ccc4c(c3)OCO4)C2)cc1. The van der Waals surface area contributed by atoms with Crippen LogP contribution in [0.4, 0.5) is 5.69 Å². The van der Waals surface area contributed by atoms with Crippen molar-refractivity contribution < 1.29 is 9.47 Å². The van der Waals surface area contributed by atoms with Gasteiger partial charge in [0.1, 0.15) is 0 Å². The second kappa shape index (κ2) is 6.50. The van der Waals surface area contributed by atoms with Crippen LogP contribution in [0.15, 0.2) is 48.5 Å². The number of rotatable bonds is 4. The average molecular weight is 310 g/mol. The molecule has 0 saturated carbocycles. The maximum atomic E-state index is 5.50. The standard InChI is InChI=1S/C19H22N2O2/c1-2-5-15(6-3-1)12-20-16-7-4-10-21(13-16)17-8-9-18-19(11-17)23-14-22-18/h1-3,5-6,8-9,11,16,20H,4,7,10,12-14H2. The van der Waals surface area contributed by atoms with Gasteiger partial charge in [0.15, 0.2) is 11.5 Å². The van der Waals surface area contributed by atoms with Gasteiger partial charge < -0.3 is 19.7 Å². The third-order valence-corrected chi connectivity index (χ3v) is 4.58. The summed E-state index contributed by atoms with van der Waals surface area (Å²) in [6.07, 6.45) is 2.44. The molecular formula is C19H22N2O2. The first kappa shape index (κ1) is 14.4. The zero-order chi connectivity index (χ0) is 15.5. The molecule has 0 aromatic heterocycles. The van der Waals surface area contributed by atoms with Gasteiger partial charge in [0, 0.05) is 37.4 Å². The van der Waals surface area contributed by atoms with Gasteiger partial charge in [0.2, 0.25) is 6.79 Å². The van der Waals surface area contributed by atoms with Gasteiger partial charge in [0.25, 0.3) is 0 Å². The van der Waals surface area contributed by atoms with Crippen molar-refractivity contribution in [3.8, 4) is 11.5 Å². The molecule has 0 radical (unpaired) electrons. The highest BCUT2D eigenvalue weighted by atomic mass is 16.7. The van der Waals surface area contributed by atoms with Gasteiger partial charge in [-0.15, -0.1) is 0 Å². The van der Waals surface area contributed by atoms with E-state index in [2.05, 4.69) is 52.7 Å². The number of nitrogens with one attached hydrogen (secondary N) is 1. The minimum Gasteiger partial charge on any atom is -0.454 e. The van der Waals surface area contributed by atoms with Crippen molar-refractivity contribution >= 4 is 5.69 Å². The fraction of sp³-hybridized carbons (Fsp3) is 0.368. The highest BCUT2D eigenvalue weighted by Crippen LogP contribution is 2.36. The van der Waals surface area contributed by atoms with Crippen LogP contribution in [0, 0.1) is 0 Å². The highest BCUT2D eigenvalue weighted by molar-refractivity contribution is 5.57. The van der Waals surface area contributed by atoms with Gasteiger partial charge in [-0.25, -0.2) is 0 Å². The van der Waals surface area contributed by atoms with E-state index in [1.54, 1.807) is 0 Å². The lowest BCUT2D eigenvalue weighted by atomic mass is 10.0. The second-order valence-electron chi connectivity index (χ2n) is 6.19. The molecule has 2 aliphatic heterocycles. The number of piperidine rings is 1. The Balaban J connectivity index is 1.39. The van der Waals surface area contributed by atoms with Crippen molar-refractivity contribution in [3.05, 3.63) is 54.1 Å². The van der Waals surface area contributed by atoms with Crippen LogP contribution in [0.25, 0.3) is 0 Å². The first-order valence-corrected chi connectivity index (χ1v) is 8.30. The monoisotopic (exact) mass is 310 g/mol. The van der Waals surface area contributed by atoms with Crippen LogP contribution >= 0.6 is 0 Å². The van der Waals surface area contributed by atoms with E-state index in [-0.39, 0.29) is 0 Å². The van der Waals surface area contributed by atoms with E-state index in [1.807, 2.05) is 6.07 Å². The summed E-state index contributed by atoms with van der Waals surface area (Å²) in [5, 5.41) is 3.69. The average Bonchev–Trinajstić information content (AvgIpc) is 3.09. The Morgan fingerprint density at radius 2 is 1.91 bits per heavy atom. The number of hydrogen-bond donors (Lipinski definition) is 1. The van der Waals surface area contributed by atoms with Gasteiger partial charge in [-0.1, -0.05) is 30.3 Å². The van der Waals surface area contributed by atoms with Crippen molar-refractivity contribution in [3.63, 3.8) is 0 Å². The Labute approximate surface area is 137 Å². The molecule has 1 saturated heterocycles. The highest BCUT2D eigenvalue weighted by Gasteiger charge is 2.22. The molecule has 2 aromatic carbocycles. The normalized spacial score (nSPS) is 19.8. The third-order valence-electron chi connectivity index (χ3n) is 4.58. The smallest absolute Gasteiger partial charge is 0.231 e. The van der Waals surface area contributed by atoms with Gasteiger partial charge in [0.05, 0.1) is 0 Å². The van der Waals surface area contributed by atoms with Crippen molar-refractivity contribution in [1.29, 1.82) is 0 Å². The predicted molar refractivity (Wildman–Crippen MR) is 91.1 cm³/mol. The fourth-order valence-corrected chi connectivity index (χ4v) is 3.32. The Hall–Kier alpha value is -2.20. The number of nitrogens with zero attached hydrogens (tertiary/aromatic N) is 1. The molecule has 120 valence electrons. The third kappa shape index (κ3) is 3.27. The van der Waals surface area contributed by atoms with Crippen molar-refractivity contribution in [2.75, 3.05) is 24.8 Å². The summed E-state index contributed by atoms with van der Waals surface area (Å²) in [7, 11) is 0. The molecule has 23 heavy (non-hydrogen) atoms. The predicted octanol–water partition coefficient (Wildman–Crippen LogP) is 3.17. The Kier molecular flexibility index (Phi) is 4.07. The number of ether oxygens (including phenoxy) is 2. The summed E-state index contributed by atoms with van der Waals surface area (Å²) in [6, 6.07) is 17.4. The molecule has 2 aliphatic rings. The number of hydrogen-bond acceptors (Lipinski definition) is 4. The maximum absolute atomic E-state index is 5.50. The Morgan fingerprint density at radius 3 is 2.83 bits per heavy atom. The summed E-state index contributed by atoms with van der Waals surface area (Å²) in [5.41, 5.74) is 2.56. The molecular weight excluding hydrogens is 288 g/mol. The zero-order valence-corrected chi connectivity index (χ0v) is 13.2. The number of benzene rings is 2. The molecule has 1 unspecified atom stereocenters. The first-order chi connectivity index (χ1) is 11.4. The van der Waals surface area contributed by atoms with E-state index >= 15 is 0 Å². The maximum Gasteiger partial charge on any atom is 0.231 e. The molecule has 4 nitrogen and oxygen atoms in total. The first-order valence-electron chi connectivity index (χ1n) is 8.30. The van der Waals surface area contributed by atoms with Gasteiger partial charge >= 0.3 is 0 Å². The lowest BCUT2D eigenvalue weighted by Crippen LogP contribution is -2.45. The number of anilines is 1. The minimum absolute atomic E-state index is 0.333. The fourth-order valence-electron chi connectivity index (χ4n) is 3.32. The van der Waals surface area contributed by atoms with Crippen LogP contribution in [0.1, 0.15) is 18.4 Å². The van der Waals surface area contributed by atoms with Crippen LogP contribution in [0.5, 0.6) is 11.5 Å². The molecule has 0 amide bonds. The van der Waals surface area contributed by atoms with Crippen molar-refractivity contribution in [1.82, 2.24) is 5.32 Å². The van der Waals surface area contributed by atoms with Crippen LogP contribution in [-0.4, -0.2) is 25.9 Å². The second-order valence-corrected chi connectivity index (χ2v) is 6.19. The van der Waals surface area contributed by atoms with E-state index in [1.165, 1.54) is 24.1 Å². The number of fused-ring (bicyclic) bond motifs is 1. The van der Waals surface area contributed by atoms with E-state index in [0.717, 1.165) is 31.1 Å². The van der Waals surface area contributed by atoms with E-state index in [9.17, 15) is 0 Å². The molecule has 0 spiro atoms. The summed E-state index contributed by atoms with van der Waals surface area (Å²) in [4.78, 5) is 2.44. The van der Waals surface area contributed by atoms with Crippen LogP contribution in [-0.2, 0) is 6.54 Å². The van der Waals surface area contributed by atoms with Gasteiger partial charge in [-0.05, 0) is 30.5 Å². The topological polar surface area (TPSA) is 33.7 Å². The largest absolute Gasteiger partial charge is 0.454 e. The van der Waals surface area contributed by atoms with Gasteiger partial charge in [-0.2, -0.15) is 0 Å². The zero-order valence-electron chi connectivity index (χ0n) is 13.2. The van der Waals surface area contributed by atoms with Crippen LogP contribution in [0.3, 0.4) is 0 Å². The minimum atomic E-state index is 0.333. The van der Waals surface area contributed by atoms with E-state index < -0.39 is 0 Å². The summed E-state index contributed by atoms with van der Waals surface area (Å²) < 4.78 is 10.9. The molecule has 1 fully saturated rings. The van der Waals surface area contributed by atoms with Crippen LogP contribution < -0.4 is 19.7 Å².